The highest BCUT2D eigenvalue weighted by Gasteiger charge is 2.27. The van der Waals surface area contributed by atoms with Gasteiger partial charge >= 0.3 is 5.97 Å². The van der Waals surface area contributed by atoms with Crippen LogP contribution in [0.1, 0.15) is 25.8 Å². The molecule has 0 aliphatic heterocycles. The van der Waals surface area contributed by atoms with Gasteiger partial charge in [0.25, 0.3) is 0 Å². The summed E-state index contributed by atoms with van der Waals surface area (Å²) in [6.45, 7) is 3.23. The largest absolute Gasteiger partial charge is 0.497 e. The minimum absolute atomic E-state index is 0.0937. The Hall–Kier alpha value is -2.24. The Kier molecular flexibility index (Phi) is 6.22. The molecule has 122 valence electrons. The molecule has 0 heterocycles. The van der Waals surface area contributed by atoms with E-state index in [-0.39, 0.29) is 18.9 Å². The molecule has 22 heavy (non-hydrogen) atoms. The fraction of sp³-hybridized carbons (Fsp3) is 0.500. The summed E-state index contributed by atoms with van der Waals surface area (Å²) in [4.78, 5) is 22.8. The molecule has 0 fully saturated rings. The van der Waals surface area contributed by atoms with E-state index in [2.05, 4.69) is 5.32 Å². The fourth-order valence-electron chi connectivity index (χ4n) is 1.81. The van der Waals surface area contributed by atoms with E-state index in [9.17, 15) is 9.59 Å². The van der Waals surface area contributed by atoms with Crippen molar-refractivity contribution in [1.82, 2.24) is 5.32 Å². The fourth-order valence-corrected chi connectivity index (χ4v) is 1.81. The Balaban J connectivity index is 2.59. The number of amides is 1. The van der Waals surface area contributed by atoms with Crippen molar-refractivity contribution in [2.75, 3.05) is 20.8 Å². The highest BCUT2D eigenvalue weighted by atomic mass is 16.5. The van der Waals surface area contributed by atoms with E-state index in [1.54, 1.807) is 40.2 Å². The zero-order valence-corrected chi connectivity index (χ0v) is 13.4. The molecule has 6 nitrogen and oxygen atoms in total. The van der Waals surface area contributed by atoms with Gasteiger partial charge in [0.15, 0.2) is 0 Å². The van der Waals surface area contributed by atoms with Crippen molar-refractivity contribution in [2.24, 2.45) is 5.41 Å². The number of aliphatic carboxylic acids is 1. The Bertz CT molecular complexity index is 539. The monoisotopic (exact) mass is 309 g/mol. The summed E-state index contributed by atoms with van der Waals surface area (Å²) in [6, 6.07) is 5.41. The molecule has 1 aromatic rings. The average Bonchev–Trinajstić information content (AvgIpc) is 2.50. The van der Waals surface area contributed by atoms with E-state index in [0.717, 1.165) is 5.56 Å². The topological polar surface area (TPSA) is 84.9 Å². The normalized spacial score (nSPS) is 10.9. The molecule has 0 saturated heterocycles. The van der Waals surface area contributed by atoms with Gasteiger partial charge in [-0.05, 0) is 44.0 Å². The van der Waals surface area contributed by atoms with Crippen molar-refractivity contribution < 1.29 is 24.2 Å². The molecule has 0 aliphatic rings. The highest BCUT2D eigenvalue weighted by molar-refractivity contribution is 5.78. The van der Waals surface area contributed by atoms with Gasteiger partial charge in [-0.1, -0.05) is 0 Å². The molecule has 1 amide bonds. The van der Waals surface area contributed by atoms with Gasteiger partial charge in [-0.15, -0.1) is 0 Å². The summed E-state index contributed by atoms with van der Waals surface area (Å²) in [6.07, 6.45) is 0.735. The van der Waals surface area contributed by atoms with Crippen LogP contribution in [-0.4, -0.2) is 37.7 Å². The quantitative estimate of drug-likeness (QED) is 0.765. The molecule has 0 spiro atoms. The number of hydrogen-bond donors (Lipinski definition) is 2. The van der Waals surface area contributed by atoms with Crippen LogP contribution in [0.3, 0.4) is 0 Å². The van der Waals surface area contributed by atoms with Crippen molar-refractivity contribution in [3.8, 4) is 11.5 Å². The molecule has 6 heteroatoms. The van der Waals surface area contributed by atoms with Gasteiger partial charge < -0.3 is 19.9 Å². The second-order valence-electron chi connectivity index (χ2n) is 5.64. The van der Waals surface area contributed by atoms with Gasteiger partial charge in [-0.25, -0.2) is 0 Å². The summed E-state index contributed by atoms with van der Waals surface area (Å²) in [5.74, 6) is 0.254. The Morgan fingerprint density at radius 2 is 1.91 bits per heavy atom. The van der Waals surface area contributed by atoms with Crippen molar-refractivity contribution in [1.29, 1.82) is 0 Å². The van der Waals surface area contributed by atoms with Crippen LogP contribution in [-0.2, 0) is 16.0 Å². The van der Waals surface area contributed by atoms with Crippen LogP contribution in [0.15, 0.2) is 18.2 Å². The van der Waals surface area contributed by atoms with Crippen molar-refractivity contribution in [3.63, 3.8) is 0 Å². The molecular formula is C16H23NO5. The van der Waals surface area contributed by atoms with Gasteiger partial charge in [-0.2, -0.15) is 0 Å². The minimum atomic E-state index is -0.983. The summed E-state index contributed by atoms with van der Waals surface area (Å²) in [5.41, 5.74) is -0.113. The SMILES string of the molecule is COc1ccc(OC)c(CCC(=O)NCC(C)(C)C(=O)O)c1. The first-order chi connectivity index (χ1) is 10.3. The molecule has 2 N–H and O–H groups in total. The lowest BCUT2D eigenvalue weighted by atomic mass is 9.94. The number of nitrogens with one attached hydrogen (secondary N) is 1. The predicted molar refractivity (Wildman–Crippen MR) is 82.3 cm³/mol. The molecule has 0 bridgehead atoms. The summed E-state index contributed by atoms with van der Waals surface area (Å²) in [5, 5.41) is 11.7. The summed E-state index contributed by atoms with van der Waals surface area (Å²) < 4.78 is 10.4. The lowest BCUT2D eigenvalue weighted by molar-refractivity contribution is -0.146. The van der Waals surface area contributed by atoms with Gasteiger partial charge in [0.1, 0.15) is 11.5 Å². The van der Waals surface area contributed by atoms with Crippen LogP contribution in [0.2, 0.25) is 0 Å². The molecule has 0 atom stereocenters. The Morgan fingerprint density at radius 1 is 1.23 bits per heavy atom. The number of carbonyl (C=O) groups excluding carboxylic acids is 1. The summed E-state index contributed by atoms with van der Waals surface area (Å²) in [7, 11) is 3.15. The maximum absolute atomic E-state index is 11.9. The van der Waals surface area contributed by atoms with Gasteiger partial charge in [0.2, 0.25) is 5.91 Å². The number of aryl methyl sites for hydroxylation is 1. The maximum Gasteiger partial charge on any atom is 0.310 e. The van der Waals surface area contributed by atoms with E-state index in [1.807, 2.05) is 6.07 Å². The number of ether oxygens (including phenoxy) is 2. The first kappa shape index (κ1) is 17.8. The minimum Gasteiger partial charge on any atom is -0.497 e. The molecule has 0 aliphatic carbocycles. The molecule has 0 aromatic heterocycles. The smallest absolute Gasteiger partial charge is 0.310 e. The van der Waals surface area contributed by atoms with E-state index in [1.165, 1.54) is 0 Å². The van der Waals surface area contributed by atoms with Crippen molar-refractivity contribution in [3.05, 3.63) is 23.8 Å². The first-order valence-electron chi connectivity index (χ1n) is 7.01. The van der Waals surface area contributed by atoms with Crippen LogP contribution in [0, 0.1) is 5.41 Å². The van der Waals surface area contributed by atoms with Crippen LogP contribution in [0.25, 0.3) is 0 Å². The zero-order valence-electron chi connectivity index (χ0n) is 13.4. The second kappa shape index (κ2) is 7.68. The lowest BCUT2D eigenvalue weighted by Gasteiger charge is -2.19. The molecule has 0 saturated carbocycles. The zero-order chi connectivity index (χ0) is 16.8. The third-order valence-electron chi connectivity index (χ3n) is 3.42. The standard InChI is InChI=1S/C16H23NO5/c1-16(2,15(19)20)10-17-14(18)8-5-11-9-12(21-3)6-7-13(11)22-4/h6-7,9H,5,8,10H2,1-4H3,(H,17,18)(H,19,20). The van der Waals surface area contributed by atoms with E-state index >= 15 is 0 Å². The van der Waals surface area contributed by atoms with E-state index < -0.39 is 11.4 Å². The van der Waals surface area contributed by atoms with Gasteiger partial charge in [0.05, 0.1) is 19.6 Å². The van der Waals surface area contributed by atoms with E-state index in [4.69, 9.17) is 14.6 Å². The molecule has 0 unspecified atom stereocenters. The number of methoxy groups -OCH3 is 2. The number of carbonyl (C=O) groups is 2. The van der Waals surface area contributed by atoms with Crippen LogP contribution >= 0.6 is 0 Å². The van der Waals surface area contributed by atoms with Gasteiger partial charge in [-0.3, -0.25) is 9.59 Å². The molecule has 0 radical (unpaired) electrons. The van der Waals surface area contributed by atoms with Crippen molar-refractivity contribution >= 4 is 11.9 Å². The van der Waals surface area contributed by atoms with Crippen LogP contribution in [0.4, 0.5) is 0 Å². The van der Waals surface area contributed by atoms with Crippen LogP contribution < -0.4 is 14.8 Å². The van der Waals surface area contributed by atoms with Gasteiger partial charge in [0, 0.05) is 13.0 Å². The average molecular weight is 309 g/mol. The number of carboxylic acids is 1. The lowest BCUT2D eigenvalue weighted by Crippen LogP contribution is -2.38. The number of hydrogen-bond acceptors (Lipinski definition) is 4. The highest BCUT2D eigenvalue weighted by Crippen LogP contribution is 2.25. The third kappa shape index (κ3) is 4.95. The Morgan fingerprint density at radius 3 is 2.45 bits per heavy atom. The predicted octanol–water partition coefficient (Wildman–Crippen LogP) is 1.86. The molecule has 1 aromatic carbocycles. The number of carboxylic acid groups (broad SMARTS) is 1. The molecule has 1 rings (SSSR count). The van der Waals surface area contributed by atoms with E-state index in [0.29, 0.717) is 17.9 Å². The third-order valence-corrected chi connectivity index (χ3v) is 3.42. The maximum atomic E-state index is 11.9. The molecular weight excluding hydrogens is 286 g/mol. The first-order valence-corrected chi connectivity index (χ1v) is 7.01. The Labute approximate surface area is 130 Å². The van der Waals surface area contributed by atoms with Crippen molar-refractivity contribution in [2.45, 2.75) is 26.7 Å². The van der Waals surface area contributed by atoms with Crippen LogP contribution in [0.5, 0.6) is 11.5 Å². The summed E-state index contributed by atoms with van der Waals surface area (Å²) >= 11 is 0. The number of rotatable bonds is 8. The number of benzene rings is 1. The second-order valence-corrected chi connectivity index (χ2v) is 5.64.